The van der Waals surface area contributed by atoms with Gasteiger partial charge in [0.05, 0.1) is 18.0 Å². The summed E-state index contributed by atoms with van der Waals surface area (Å²) in [5.74, 6) is 0.707. The summed E-state index contributed by atoms with van der Waals surface area (Å²) in [7, 11) is 4.12. The highest BCUT2D eigenvalue weighted by atomic mass is 16.2. The van der Waals surface area contributed by atoms with Crippen LogP contribution in [0.15, 0.2) is 78.9 Å². The van der Waals surface area contributed by atoms with Crippen LogP contribution in [-0.4, -0.2) is 43.0 Å². The number of carbonyl (C=O) groups excluding carboxylic acids is 2. The van der Waals surface area contributed by atoms with Gasteiger partial charge in [-0.2, -0.15) is 0 Å². The highest BCUT2D eigenvalue weighted by Gasteiger charge is 2.29. The lowest BCUT2D eigenvalue weighted by Crippen LogP contribution is -2.41. The minimum absolute atomic E-state index is 0.0266. The van der Waals surface area contributed by atoms with Crippen LogP contribution in [0, 0.1) is 0 Å². The normalized spacial score (nSPS) is 19.1. The molecule has 3 aromatic carbocycles. The van der Waals surface area contributed by atoms with E-state index in [2.05, 4.69) is 47.8 Å². The van der Waals surface area contributed by atoms with Gasteiger partial charge in [0.15, 0.2) is 0 Å². The lowest BCUT2D eigenvalue weighted by molar-refractivity contribution is -0.123. The number of pyridine rings is 1. The van der Waals surface area contributed by atoms with E-state index in [0.29, 0.717) is 12.6 Å². The maximum Gasteiger partial charge on any atom is 0.258 e. The van der Waals surface area contributed by atoms with Crippen LogP contribution < -0.4 is 20.4 Å². The molecule has 4 aromatic rings. The molecule has 7 nitrogen and oxygen atoms in total. The maximum atomic E-state index is 13.1. The third kappa shape index (κ3) is 5.49. The molecule has 41 heavy (non-hydrogen) atoms. The summed E-state index contributed by atoms with van der Waals surface area (Å²) in [6.45, 7) is 2.53. The number of amides is 2. The van der Waals surface area contributed by atoms with Crippen molar-refractivity contribution in [2.45, 2.75) is 57.2 Å². The minimum atomic E-state index is -0.266. The summed E-state index contributed by atoms with van der Waals surface area (Å²) in [4.78, 5) is 34.7. The topological polar surface area (TPSA) is 77.6 Å². The first-order valence-corrected chi connectivity index (χ1v) is 14.5. The van der Waals surface area contributed by atoms with Crippen LogP contribution in [0.4, 0.5) is 17.2 Å². The summed E-state index contributed by atoms with van der Waals surface area (Å²) in [5, 5.41) is 8.08. The molecule has 0 spiro atoms. The van der Waals surface area contributed by atoms with Crippen molar-refractivity contribution in [3.05, 3.63) is 95.6 Å². The Bertz CT molecular complexity index is 1570. The average molecular weight is 548 g/mol. The Balaban J connectivity index is 1.02. The van der Waals surface area contributed by atoms with Crippen molar-refractivity contribution in [3.63, 3.8) is 0 Å². The van der Waals surface area contributed by atoms with Crippen LogP contribution in [0.2, 0.25) is 0 Å². The van der Waals surface area contributed by atoms with Crippen LogP contribution in [0.1, 0.15) is 60.0 Å². The number of fused-ring (bicyclic) bond motifs is 2. The van der Waals surface area contributed by atoms with E-state index in [-0.39, 0.29) is 23.8 Å². The molecule has 1 aliphatic heterocycles. The first kappa shape index (κ1) is 26.8. The van der Waals surface area contributed by atoms with Gasteiger partial charge < -0.3 is 20.4 Å². The Morgan fingerprint density at radius 3 is 2.34 bits per heavy atom. The lowest BCUT2D eigenvalue weighted by atomic mass is 9.90. The molecule has 0 radical (unpaired) electrons. The molecule has 1 aliphatic carbocycles. The second kappa shape index (κ2) is 11.2. The zero-order valence-electron chi connectivity index (χ0n) is 23.9. The number of hydrogen-bond donors (Lipinski definition) is 2. The van der Waals surface area contributed by atoms with Gasteiger partial charge in [-0.15, -0.1) is 0 Å². The molecule has 0 saturated heterocycles. The van der Waals surface area contributed by atoms with Crippen molar-refractivity contribution in [2.24, 2.45) is 0 Å². The lowest BCUT2D eigenvalue weighted by Gasteiger charge is -2.31. The van der Waals surface area contributed by atoms with Gasteiger partial charge in [0.1, 0.15) is 5.82 Å². The molecular formula is C34H37N5O2. The van der Waals surface area contributed by atoms with E-state index < -0.39 is 0 Å². The highest BCUT2D eigenvalue weighted by molar-refractivity contribution is 6.10. The van der Waals surface area contributed by atoms with E-state index in [1.165, 1.54) is 0 Å². The van der Waals surface area contributed by atoms with Gasteiger partial charge in [-0.05, 0) is 68.0 Å². The van der Waals surface area contributed by atoms with Crippen LogP contribution >= 0.6 is 0 Å². The van der Waals surface area contributed by atoms with Gasteiger partial charge >= 0.3 is 0 Å². The van der Waals surface area contributed by atoms with Crippen LogP contribution in [0.5, 0.6) is 0 Å². The first-order valence-electron chi connectivity index (χ1n) is 14.5. The van der Waals surface area contributed by atoms with E-state index in [1.54, 1.807) is 4.90 Å². The second-order valence-corrected chi connectivity index (χ2v) is 11.5. The van der Waals surface area contributed by atoms with Crippen molar-refractivity contribution in [2.75, 3.05) is 29.2 Å². The van der Waals surface area contributed by atoms with Gasteiger partial charge in [-0.1, -0.05) is 48.5 Å². The molecule has 0 bridgehead atoms. The molecule has 2 aliphatic rings. The van der Waals surface area contributed by atoms with E-state index in [4.69, 9.17) is 4.98 Å². The third-order valence-corrected chi connectivity index (χ3v) is 8.52. The minimum Gasteiger partial charge on any atom is -0.377 e. The fourth-order valence-corrected chi connectivity index (χ4v) is 6.08. The number of nitrogens with zero attached hydrogens (tertiary/aromatic N) is 3. The van der Waals surface area contributed by atoms with Gasteiger partial charge in [0.2, 0.25) is 5.91 Å². The summed E-state index contributed by atoms with van der Waals surface area (Å²) >= 11 is 0. The molecule has 2 heterocycles. The molecular weight excluding hydrogens is 510 g/mol. The standard InChI is InChI=1S/C34H37N5O2/c1-22(23-12-18-27(19-13-23)39-21-24-8-4-5-9-28(24)34(39)41)33(40)36-26-16-14-25(15-17-26)35-32-20-31(38(2)3)29-10-6-7-11-30(29)37-32/h4-13,18-20,22,25-26H,14-17,21H2,1-3H3,(H,35,37)(H,36,40). The Hall–Kier alpha value is -4.39. The predicted octanol–water partition coefficient (Wildman–Crippen LogP) is 6.10. The molecule has 1 aromatic heterocycles. The van der Waals surface area contributed by atoms with Crippen molar-refractivity contribution < 1.29 is 9.59 Å². The van der Waals surface area contributed by atoms with Crippen molar-refractivity contribution in [1.29, 1.82) is 0 Å². The summed E-state index contributed by atoms with van der Waals surface area (Å²) in [6, 6.07) is 26.4. The zero-order chi connectivity index (χ0) is 28.5. The largest absolute Gasteiger partial charge is 0.377 e. The van der Waals surface area contributed by atoms with E-state index >= 15 is 0 Å². The molecule has 1 fully saturated rings. The van der Waals surface area contributed by atoms with Crippen LogP contribution in [0.25, 0.3) is 10.9 Å². The molecule has 2 amide bonds. The number of rotatable bonds is 7. The Morgan fingerprint density at radius 2 is 1.61 bits per heavy atom. The summed E-state index contributed by atoms with van der Waals surface area (Å²) < 4.78 is 0. The SMILES string of the molecule is CC(C(=O)NC1CCC(Nc2cc(N(C)C)c3ccccc3n2)CC1)c1ccc(N2Cc3ccccc3C2=O)cc1. The smallest absolute Gasteiger partial charge is 0.258 e. The number of hydrogen-bond acceptors (Lipinski definition) is 5. The third-order valence-electron chi connectivity index (χ3n) is 8.52. The average Bonchev–Trinajstić information content (AvgIpc) is 3.33. The van der Waals surface area contributed by atoms with E-state index in [9.17, 15) is 9.59 Å². The van der Waals surface area contributed by atoms with Crippen LogP contribution in [-0.2, 0) is 11.3 Å². The van der Waals surface area contributed by atoms with E-state index in [1.807, 2.05) is 67.6 Å². The number of nitrogens with one attached hydrogen (secondary N) is 2. The quantitative estimate of drug-likeness (QED) is 0.292. The number of anilines is 3. The molecule has 2 N–H and O–H groups in total. The Morgan fingerprint density at radius 1 is 0.927 bits per heavy atom. The Labute approximate surface area is 241 Å². The molecule has 1 saturated carbocycles. The van der Waals surface area contributed by atoms with Crippen molar-refractivity contribution in [3.8, 4) is 0 Å². The van der Waals surface area contributed by atoms with Gasteiger partial charge in [-0.3, -0.25) is 9.59 Å². The highest BCUT2D eigenvalue weighted by Crippen LogP contribution is 2.31. The number of para-hydroxylation sites is 1. The molecule has 1 unspecified atom stereocenters. The molecule has 7 heteroatoms. The monoisotopic (exact) mass is 547 g/mol. The number of aromatic nitrogens is 1. The summed E-state index contributed by atoms with van der Waals surface area (Å²) in [6.07, 6.45) is 3.82. The zero-order valence-corrected chi connectivity index (χ0v) is 23.9. The van der Waals surface area contributed by atoms with Gasteiger partial charge in [0, 0.05) is 54.6 Å². The van der Waals surface area contributed by atoms with E-state index in [0.717, 1.165) is 70.5 Å². The van der Waals surface area contributed by atoms with Crippen molar-refractivity contribution in [1.82, 2.24) is 10.3 Å². The fraction of sp³-hybridized carbons (Fsp3) is 0.324. The van der Waals surface area contributed by atoms with Gasteiger partial charge in [-0.25, -0.2) is 4.98 Å². The molecule has 6 rings (SSSR count). The number of carbonyl (C=O) groups is 2. The second-order valence-electron chi connectivity index (χ2n) is 11.5. The predicted molar refractivity (Wildman–Crippen MR) is 166 cm³/mol. The maximum absolute atomic E-state index is 13.1. The molecule has 210 valence electrons. The van der Waals surface area contributed by atoms with Gasteiger partial charge in [0.25, 0.3) is 5.91 Å². The summed E-state index contributed by atoms with van der Waals surface area (Å²) in [5.41, 5.74) is 5.75. The van der Waals surface area contributed by atoms with Crippen molar-refractivity contribution >= 4 is 39.9 Å². The first-order chi connectivity index (χ1) is 19.9. The van der Waals surface area contributed by atoms with Crippen LogP contribution in [0.3, 0.4) is 0 Å². The Kier molecular flexibility index (Phi) is 7.35. The molecule has 1 atom stereocenters. The fourth-order valence-electron chi connectivity index (χ4n) is 6.08. The number of benzene rings is 3.